The Morgan fingerprint density at radius 3 is 1.71 bits per heavy atom. The van der Waals surface area contributed by atoms with Crippen LogP contribution in [0, 0.1) is 6.92 Å². The molecule has 0 spiro atoms. The zero-order chi connectivity index (χ0) is 12.1. The Labute approximate surface area is 101 Å². The molecule has 0 bridgehead atoms. The van der Waals surface area contributed by atoms with Gasteiger partial charge < -0.3 is 15.6 Å². The molecule has 0 fully saturated rings. The average Bonchev–Trinajstić information content (AvgIpc) is 2.39. The second-order valence-corrected chi connectivity index (χ2v) is 3.84. The summed E-state index contributed by atoms with van der Waals surface area (Å²) in [5.41, 5.74) is 9.54. The van der Waals surface area contributed by atoms with Crippen LogP contribution in [0.4, 0.5) is 11.4 Å². The van der Waals surface area contributed by atoms with E-state index in [0.717, 1.165) is 17.1 Å². The summed E-state index contributed by atoms with van der Waals surface area (Å²) in [6, 6.07) is 16.0. The third-order valence-corrected chi connectivity index (χ3v) is 2.49. The lowest BCUT2D eigenvalue weighted by atomic mass is 10.2. The minimum Gasteiger partial charge on any atom is -0.497 e. The summed E-state index contributed by atoms with van der Waals surface area (Å²) in [5.74, 6) is 0.853. The van der Waals surface area contributed by atoms with Crippen LogP contribution in [0.25, 0.3) is 0 Å². The molecule has 0 aromatic heterocycles. The highest BCUT2D eigenvalue weighted by molar-refractivity contribution is 5.53. The first-order valence-electron chi connectivity index (χ1n) is 5.51. The normalized spacial score (nSPS) is 9.76. The number of methoxy groups -OCH3 is 1. The summed E-state index contributed by atoms with van der Waals surface area (Å²) in [5, 5.41) is 0. The van der Waals surface area contributed by atoms with Crippen molar-refractivity contribution >= 4 is 11.4 Å². The van der Waals surface area contributed by atoms with E-state index in [-0.39, 0.29) is 0 Å². The lowest BCUT2D eigenvalue weighted by molar-refractivity contribution is 0.415. The molecule has 0 amide bonds. The van der Waals surface area contributed by atoms with Crippen molar-refractivity contribution in [2.45, 2.75) is 6.92 Å². The number of ether oxygens (including phenoxy) is 1. The van der Waals surface area contributed by atoms with Crippen molar-refractivity contribution in [3.8, 4) is 5.75 Å². The maximum absolute atomic E-state index is 5.10. The van der Waals surface area contributed by atoms with Crippen LogP contribution >= 0.6 is 0 Å². The van der Waals surface area contributed by atoms with Gasteiger partial charge in [0, 0.05) is 0 Å². The second kappa shape index (κ2) is 5.25. The largest absolute Gasteiger partial charge is 0.497 e. The first-order chi connectivity index (χ1) is 8.28. The van der Waals surface area contributed by atoms with Crippen LogP contribution in [0.3, 0.4) is 0 Å². The monoisotopic (exact) mass is 228 g/mol. The molecule has 0 atom stereocenters. The van der Waals surface area contributed by atoms with Crippen molar-refractivity contribution in [3.63, 3.8) is 0 Å². The predicted molar refractivity (Wildman–Crippen MR) is 71.4 cm³/mol. The highest BCUT2D eigenvalue weighted by Crippen LogP contribution is 2.15. The molecule has 2 rings (SSSR count). The van der Waals surface area contributed by atoms with Crippen LogP contribution in [0.1, 0.15) is 5.56 Å². The van der Waals surface area contributed by atoms with Crippen LogP contribution < -0.4 is 15.6 Å². The van der Waals surface area contributed by atoms with Crippen molar-refractivity contribution in [1.29, 1.82) is 0 Å². The number of aryl methyl sites for hydroxylation is 1. The molecule has 0 unspecified atom stereocenters. The standard InChI is InChI=1S/C14H16N2O/c1-11-3-5-12(6-4-11)15-16-13-7-9-14(17-2)10-8-13/h3-10,15-16H,1-2H3. The first-order valence-corrected chi connectivity index (χ1v) is 5.51. The Hall–Kier alpha value is -2.16. The van der Waals surface area contributed by atoms with Gasteiger partial charge in [-0.2, -0.15) is 0 Å². The lowest BCUT2D eigenvalue weighted by Crippen LogP contribution is -2.08. The molecule has 0 radical (unpaired) electrons. The summed E-state index contributed by atoms with van der Waals surface area (Å²) in [7, 11) is 1.66. The van der Waals surface area contributed by atoms with Gasteiger partial charge in [0.05, 0.1) is 18.5 Å². The number of anilines is 2. The summed E-state index contributed by atoms with van der Waals surface area (Å²) in [6.45, 7) is 2.07. The molecule has 2 N–H and O–H groups in total. The van der Waals surface area contributed by atoms with Crippen LogP contribution in [0.2, 0.25) is 0 Å². The number of hydrogen-bond donors (Lipinski definition) is 2. The SMILES string of the molecule is COc1ccc(NNc2ccc(C)cc2)cc1. The van der Waals surface area contributed by atoms with Gasteiger partial charge in [-0.3, -0.25) is 0 Å². The van der Waals surface area contributed by atoms with Crippen molar-refractivity contribution in [3.05, 3.63) is 54.1 Å². The molecular formula is C14H16N2O. The van der Waals surface area contributed by atoms with Gasteiger partial charge in [-0.25, -0.2) is 0 Å². The zero-order valence-corrected chi connectivity index (χ0v) is 10.0. The quantitative estimate of drug-likeness (QED) is 0.786. The smallest absolute Gasteiger partial charge is 0.119 e. The fourth-order valence-corrected chi connectivity index (χ4v) is 1.46. The van der Waals surface area contributed by atoms with E-state index in [1.165, 1.54) is 5.56 Å². The summed E-state index contributed by atoms with van der Waals surface area (Å²) in [4.78, 5) is 0. The second-order valence-electron chi connectivity index (χ2n) is 3.84. The summed E-state index contributed by atoms with van der Waals surface area (Å²) >= 11 is 0. The van der Waals surface area contributed by atoms with Gasteiger partial charge in [0.25, 0.3) is 0 Å². The molecule has 17 heavy (non-hydrogen) atoms. The molecule has 2 aromatic carbocycles. The predicted octanol–water partition coefficient (Wildman–Crippen LogP) is 3.44. The molecule has 0 aliphatic heterocycles. The van der Waals surface area contributed by atoms with E-state index in [1.807, 2.05) is 36.4 Å². The van der Waals surface area contributed by atoms with Gasteiger partial charge in [0.15, 0.2) is 0 Å². The molecule has 0 saturated heterocycles. The van der Waals surface area contributed by atoms with Crippen LogP contribution in [-0.4, -0.2) is 7.11 Å². The molecule has 3 heteroatoms. The maximum atomic E-state index is 5.10. The van der Waals surface area contributed by atoms with Gasteiger partial charge in [-0.05, 0) is 43.3 Å². The maximum Gasteiger partial charge on any atom is 0.119 e. The Morgan fingerprint density at radius 1 is 0.765 bits per heavy atom. The number of hydrogen-bond acceptors (Lipinski definition) is 3. The van der Waals surface area contributed by atoms with Crippen molar-refractivity contribution in [2.75, 3.05) is 18.0 Å². The molecule has 0 aliphatic rings. The molecular weight excluding hydrogens is 212 g/mol. The Kier molecular flexibility index (Phi) is 3.50. The average molecular weight is 228 g/mol. The van der Waals surface area contributed by atoms with Crippen LogP contribution in [-0.2, 0) is 0 Å². The highest BCUT2D eigenvalue weighted by Gasteiger charge is 1.94. The Bertz CT molecular complexity index is 463. The third kappa shape index (κ3) is 3.14. The van der Waals surface area contributed by atoms with Gasteiger partial charge in [0.2, 0.25) is 0 Å². The van der Waals surface area contributed by atoms with E-state index >= 15 is 0 Å². The van der Waals surface area contributed by atoms with E-state index in [9.17, 15) is 0 Å². The van der Waals surface area contributed by atoms with Crippen LogP contribution in [0.15, 0.2) is 48.5 Å². The van der Waals surface area contributed by atoms with Gasteiger partial charge in [-0.15, -0.1) is 0 Å². The van der Waals surface area contributed by atoms with E-state index in [0.29, 0.717) is 0 Å². The summed E-state index contributed by atoms with van der Waals surface area (Å²) in [6.07, 6.45) is 0. The fraction of sp³-hybridized carbons (Fsp3) is 0.143. The minimum absolute atomic E-state index is 0.853. The van der Waals surface area contributed by atoms with E-state index in [2.05, 4.69) is 29.9 Å². The molecule has 0 aliphatic carbocycles. The van der Waals surface area contributed by atoms with Crippen LogP contribution in [0.5, 0.6) is 5.75 Å². The Morgan fingerprint density at radius 2 is 1.24 bits per heavy atom. The molecule has 0 heterocycles. The number of rotatable bonds is 4. The van der Waals surface area contributed by atoms with Gasteiger partial charge >= 0.3 is 0 Å². The van der Waals surface area contributed by atoms with E-state index in [4.69, 9.17) is 4.74 Å². The van der Waals surface area contributed by atoms with E-state index in [1.54, 1.807) is 7.11 Å². The van der Waals surface area contributed by atoms with Crippen molar-refractivity contribution < 1.29 is 4.74 Å². The Balaban J connectivity index is 1.95. The fourth-order valence-electron chi connectivity index (χ4n) is 1.46. The highest BCUT2D eigenvalue weighted by atomic mass is 16.5. The zero-order valence-electron chi connectivity index (χ0n) is 10.0. The molecule has 88 valence electrons. The molecule has 2 aromatic rings. The molecule has 3 nitrogen and oxygen atoms in total. The van der Waals surface area contributed by atoms with Crippen molar-refractivity contribution in [1.82, 2.24) is 0 Å². The van der Waals surface area contributed by atoms with Gasteiger partial charge in [-0.1, -0.05) is 17.7 Å². The van der Waals surface area contributed by atoms with E-state index < -0.39 is 0 Å². The topological polar surface area (TPSA) is 33.3 Å². The first kappa shape index (κ1) is 11.3. The lowest BCUT2D eigenvalue weighted by Gasteiger charge is -2.10. The number of nitrogens with one attached hydrogen (secondary N) is 2. The third-order valence-electron chi connectivity index (χ3n) is 2.49. The van der Waals surface area contributed by atoms with Crippen molar-refractivity contribution in [2.24, 2.45) is 0 Å². The molecule has 0 saturated carbocycles. The number of benzene rings is 2. The van der Waals surface area contributed by atoms with Gasteiger partial charge in [0.1, 0.15) is 5.75 Å². The minimum atomic E-state index is 0.853. The number of hydrazine groups is 1. The summed E-state index contributed by atoms with van der Waals surface area (Å²) < 4.78 is 5.10.